The van der Waals surface area contributed by atoms with E-state index in [4.69, 9.17) is 0 Å². The first kappa shape index (κ1) is 19.0. The number of fused-ring (bicyclic) bond motifs is 2. The maximum Gasteiger partial charge on any atom is 0.148 e. The zero-order chi connectivity index (χ0) is 21.5. The summed E-state index contributed by atoms with van der Waals surface area (Å²) in [6, 6.07) is 36.3. The Bertz CT molecular complexity index is 1340. The fourth-order valence-corrected chi connectivity index (χ4v) is 5.33. The fraction of sp³-hybridized carbons (Fsp3) is 0.0714. The van der Waals surface area contributed by atoms with Crippen molar-refractivity contribution in [3.05, 3.63) is 114 Å². The van der Waals surface area contributed by atoms with Gasteiger partial charge in [-0.2, -0.15) is 0 Å². The van der Waals surface area contributed by atoms with E-state index in [1.165, 1.54) is 22.5 Å². The van der Waals surface area contributed by atoms with Crippen molar-refractivity contribution >= 4 is 28.4 Å². The molecule has 0 spiro atoms. The van der Waals surface area contributed by atoms with Crippen molar-refractivity contribution in [2.75, 3.05) is 4.90 Å². The molecule has 0 N–H and O–H groups in total. The van der Waals surface area contributed by atoms with E-state index in [1.54, 1.807) is 11.3 Å². The van der Waals surface area contributed by atoms with Crippen LogP contribution in [0.3, 0.4) is 0 Å². The van der Waals surface area contributed by atoms with Crippen LogP contribution < -0.4 is 4.90 Å². The Kier molecular flexibility index (Phi) is 4.58. The van der Waals surface area contributed by atoms with Crippen LogP contribution in [0.4, 0.5) is 17.1 Å². The second-order valence-electron chi connectivity index (χ2n) is 8.00. The van der Waals surface area contributed by atoms with Crippen molar-refractivity contribution in [2.45, 2.75) is 12.8 Å². The fourth-order valence-electron chi connectivity index (χ4n) is 4.48. The molecular formula is C28H21N3S. The predicted molar refractivity (Wildman–Crippen MR) is 133 cm³/mol. The summed E-state index contributed by atoms with van der Waals surface area (Å²) in [6.45, 7) is 2.29. The van der Waals surface area contributed by atoms with Gasteiger partial charge >= 0.3 is 0 Å². The van der Waals surface area contributed by atoms with Crippen LogP contribution in [0.2, 0.25) is 0 Å². The number of anilines is 3. The number of hydrogen-bond donors (Lipinski definition) is 0. The predicted octanol–water partition coefficient (Wildman–Crippen LogP) is 7.81. The molecule has 0 amide bonds. The third-order valence-electron chi connectivity index (χ3n) is 6.11. The highest BCUT2D eigenvalue weighted by molar-refractivity contribution is 7.17. The van der Waals surface area contributed by atoms with Crippen LogP contribution in [0.5, 0.6) is 0 Å². The van der Waals surface area contributed by atoms with Crippen molar-refractivity contribution in [2.24, 2.45) is 0 Å². The first-order chi connectivity index (χ1) is 15.8. The highest BCUT2D eigenvalue weighted by atomic mass is 32.1. The SMILES string of the molecule is CC1c2ccccc2N(c2ccc(-c3nnc(-c4ccccc4)s3)cc2)c2ccccc21. The van der Waals surface area contributed by atoms with Crippen LogP contribution in [0.1, 0.15) is 24.0 Å². The lowest BCUT2D eigenvalue weighted by Gasteiger charge is -2.36. The monoisotopic (exact) mass is 431 g/mol. The van der Waals surface area contributed by atoms with Crippen LogP contribution >= 0.6 is 11.3 Å². The van der Waals surface area contributed by atoms with Crippen molar-refractivity contribution in [3.63, 3.8) is 0 Å². The van der Waals surface area contributed by atoms with Gasteiger partial charge in [-0.1, -0.05) is 85.0 Å². The lowest BCUT2D eigenvalue weighted by molar-refractivity contribution is 0.892. The number of aromatic nitrogens is 2. The Morgan fingerprint density at radius 3 is 1.69 bits per heavy atom. The Morgan fingerprint density at radius 2 is 1.09 bits per heavy atom. The highest BCUT2D eigenvalue weighted by Crippen LogP contribution is 2.48. The molecule has 0 radical (unpaired) electrons. The minimum Gasteiger partial charge on any atom is -0.310 e. The Morgan fingerprint density at radius 1 is 0.594 bits per heavy atom. The van der Waals surface area contributed by atoms with Gasteiger partial charge in [0.05, 0.1) is 0 Å². The molecule has 6 rings (SSSR count). The molecular weight excluding hydrogens is 410 g/mol. The second kappa shape index (κ2) is 7.74. The van der Waals surface area contributed by atoms with Crippen molar-refractivity contribution in [1.82, 2.24) is 10.2 Å². The standard InChI is InChI=1S/C28H21N3S/c1-19-23-11-5-7-13-25(23)31(26-14-8-6-12-24(19)26)22-17-15-21(16-18-22)28-30-29-27(32-28)20-9-3-2-4-10-20/h2-19H,1H3. The van der Waals surface area contributed by atoms with E-state index in [-0.39, 0.29) is 0 Å². The van der Waals surface area contributed by atoms with E-state index >= 15 is 0 Å². The Balaban J connectivity index is 1.39. The van der Waals surface area contributed by atoms with Gasteiger partial charge in [-0.15, -0.1) is 10.2 Å². The molecule has 32 heavy (non-hydrogen) atoms. The van der Waals surface area contributed by atoms with Crippen molar-refractivity contribution in [3.8, 4) is 21.1 Å². The second-order valence-corrected chi connectivity index (χ2v) is 8.98. The molecule has 0 fully saturated rings. The zero-order valence-electron chi connectivity index (χ0n) is 17.6. The average molecular weight is 432 g/mol. The smallest absolute Gasteiger partial charge is 0.148 e. The quantitative estimate of drug-likeness (QED) is 0.292. The first-order valence-corrected chi connectivity index (χ1v) is 11.6. The lowest BCUT2D eigenvalue weighted by Crippen LogP contribution is -2.20. The van der Waals surface area contributed by atoms with E-state index in [0.717, 1.165) is 26.8 Å². The summed E-state index contributed by atoms with van der Waals surface area (Å²) in [5.41, 5.74) is 8.53. The van der Waals surface area contributed by atoms with Crippen molar-refractivity contribution in [1.29, 1.82) is 0 Å². The van der Waals surface area contributed by atoms with Crippen LogP contribution in [-0.2, 0) is 0 Å². The van der Waals surface area contributed by atoms with E-state index in [2.05, 4.69) is 107 Å². The summed E-state index contributed by atoms with van der Waals surface area (Å²) in [4.78, 5) is 2.37. The molecule has 2 heterocycles. The van der Waals surface area contributed by atoms with E-state index in [0.29, 0.717) is 5.92 Å². The molecule has 0 bridgehead atoms. The molecule has 5 aromatic rings. The molecule has 0 aliphatic carbocycles. The van der Waals surface area contributed by atoms with Crippen LogP contribution in [0.15, 0.2) is 103 Å². The highest BCUT2D eigenvalue weighted by Gasteiger charge is 2.28. The van der Waals surface area contributed by atoms with Gasteiger partial charge in [-0.05, 0) is 47.5 Å². The Labute approximate surface area is 191 Å². The number of nitrogens with zero attached hydrogens (tertiary/aromatic N) is 3. The molecule has 154 valence electrons. The van der Waals surface area contributed by atoms with E-state index in [1.807, 2.05) is 18.2 Å². The van der Waals surface area contributed by atoms with E-state index < -0.39 is 0 Å². The minimum atomic E-state index is 0.371. The molecule has 0 unspecified atom stereocenters. The van der Waals surface area contributed by atoms with Gasteiger partial charge in [-0.25, -0.2) is 0 Å². The molecule has 4 heteroatoms. The first-order valence-electron chi connectivity index (χ1n) is 10.8. The van der Waals surface area contributed by atoms with Gasteiger partial charge in [0.25, 0.3) is 0 Å². The zero-order valence-corrected chi connectivity index (χ0v) is 18.5. The van der Waals surface area contributed by atoms with Crippen LogP contribution in [0.25, 0.3) is 21.1 Å². The third-order valence-corrected chi connectivity index (χ3v) is 7.13. The number of hydrogen-bond acceptors (Lipinski definition) is 4. The molecule has 3 nitrogen and oxygen atoms in total. The summed E-state index contributed by atoms with van der Waals surface area (Å²) >= 11 is 1.62. The minimum absolute atomic E-state index is 0.371. The summed E-state index contributed by atoms with van der Waals surface area (Å²) in [6.07, 6.45) is 0. The lowest BCUT2D eigenvalue weighted by atomic mass is 9.86. The largest absolute Gasteiger partial charge is 0.310 e. The Hall–Kier alpha value is -3.76. The molecule has 0 atom stereocenters. The molecule has 1 aromatic heterocycles. The van der Waals surface area contributed by atoms with Gasteiger partial charge < -0.3 is 4.90 Å². The normalized spacial score (nSPS) is 13.0. The van der Waals surface area contributed by atoms with Crippen molar-refractivity contribution < 1.29 is 0 Å². The third kappa shape index (κ3) is 3.12. The molecule has 1 aliphatic rings. The molecule has 4 aromatic carbocycles. The summed E-state index contributed by atoms with van der Waals surface area (Å²) < 4.78 is 0. The molecule has 0 saturated carbocycles. The molecule has 0 saturated heterocycles. The summed E-state index contributed by atoms with van der Waals surface area (Å²) in [7, 11) is 0. The van der Waals surface area contributed by atoms with Gasteiger partial charge in [0.2, 0.25) is 0 Å². The van der Waals surface area contributed by atoms with Crippen LogP contribution in [-0.4, -0.2) is 10.2 Å². The van der Waals surface area contributed by atoms with Gasteiger partial charge in [0.1, 0.15) is 10.0 Å². The average Bonchev–Trinajstić information content (AvgIpc) is 3.36. The van der Waals surface area contributed by atoms with Gasteiger partial charge in [-0.3, -0.25) is 0 Å². The van der Waals surface area contributed by atoms with Gasteiger partial charge in [0.15, 0.2) is 0 Å². The topological polar surface area (TPSA) is 29.0 Å². The van der Waals surface area contributed by atoms with Gasteiger partial charge in [0, 0.05) is 34.1 Å². The number of para-hydroxylation sites is 2. The molecule has 1 aliphatic heterocycles. The summed E-state index contributed by atoms with van der Waals surface area (Å²) in [5.74, 6) is 0.371. The number of rotatable bonds is 3. The maximum atomic E-state index is 4.44. The number of benzene rings is 4. The summed E-state index contributed by atoms with van der Waals surface area (Å²) in [5, 5.41) is 10.7. The van der Waals surface area contributed by atoms with Crippen LogP contribution in [0, 0.1) is 0 Å². The van der Waals surface area contributed by atoms with E-state index in [9.17, 15) is 0 Å². The maximum absolute atomic E-state index is 4.44.